The van der Waals surface area contributed by atoms with Crippen molar-refractivity contribution in [3.63, 3.8) is 0 Å². The maximum Gasteiger partial charge on any atom is 0.282 e. The number of nitro benzene ring substituents is 1. The average Bonchev–Trinajstić information content (AvgIpc) is 2.54. The predicted octanol–water partition coefficient (Wildman–Crippen LogP) is -0.154. The summed E-state index contributed by atoms with van der Waals surface area (Å²) in [7, 11) is 1.45. The van der Waals surface area contributed by atoms with Crippen LogP contribution in [-0.2, 0) is 9.53 Å². The largest absolute Gasteiger partial charge is 0.495 e. The van der Waals surface area contributed by atoms with Crippen molar-refractivity contribution >= 4 is 17.3 Å². The van der Waals surface area contributed by atoms with Gasteiger partial charge in [-0.2, -0.15) is 0 Å². The topological polar surface area (TPSA) is 95.1 Å². The lowest BCUT2D eigenvalue weighted by Crippen LogP contribution is -3.18. The molecule has 22 heavy (non-hydrogen) atoms. The summed E-state index contributed by atoms with van der Waals surface area (Å²) in [4.78, 5) is 23.8. The number of hydrogen-bond donors (Lipinski definition) is 2. The van der Waals surface area contributed by atoms with Crippen LogP contribution >= 0.6 is 0 Å². The van der Waals surface area contributed by atoms with Gasteiger partial charge in [0.15, 0.2) is 6.04 Å². The number of hydrogen-bond acceptors (Lipinski definition) is 5. The Balaban J connectivity index is 2.12. The van der Waals surface area contributed by atoms with E-state index in [0.29, 0.717) is 24.7 Å². The summed E-state index contributed by atoms with van der Waals surface area (Å²) >= 11 is 0. The Hall–Kier alpha value is -2.19. The molecule has 1 amide bonds. The van der Waals surface area contributed by atoms with Crippen molar-refractivity contribution in [3.05, 3.63) is 28.3 Å². The molecule has 120 valence electrons. The monoisotopic (exact) mass is 310 g/mol. The zero-order valence-corrected chi connectivity index (χ0v) is 12.6. The van der Waals surface area contributed by atoms with Gasteiger partial charge in [-0.25, -0.2) is 0 Å². The first-order chi connectivity index (χ1) is 10.5. The first-order valence-corrected chi connectivity index (χ1v) is 7.08. The minimum absolute atomic E-state index is 0.0949. The Morgan fingerprint density at radius 1 is 1.45 bits per heavy atom. The second kappa shape index (κ2) is 7.19. The summed E-state index contributed by atoms with van der Waals surface area (Å²) in [5, 5.41) is 13.6. The zero-order chi connectivity index (χ0) is 16.1. The first-order valence-electron chi connectivity index (χ1n) is 7.08. The van der Waals surface area contributed by atoms with Gasteiger partial charge in [0.05, 0.1) is 30.9 Å². The number of anilines is 1. The van der Waals surface area contributed by atoms with E-state index in [-0.39, 0.29) is 17.6 Å². The molecule has 1 saturated heterocycles. The number of morpholine rings is 1. The molecule has 0 bridgehead atoms. The number of methoxy groups -OCH3 is 1. The normalized spacial score (nSPS) is 16.8. The number of carbonyl (C=O) groups is 1. The lowest BCUT2D eigenvalue weighted by atomic mass is 10.2. The van der Waals surface area contributed by atoms with Gasteiger partial charge in [0.2, 0.25) is 0 Å². The van der Waals surface area contributed by atoms with E-state index in [2.05, 4.69) is 5.32 Å². The third-order valence-electron chi connectivity index (χ3n) is 3.79. The van der Waals surface area contributed by atoms with Crippen molar-refractivity contribution in [2.24, 2.45) is 0 Å². The summed E-state index contributed by atoms with van der Waals surface area (Å²) in [6.45, 7) is 4.63. The number of non-ortho nitro benzene ring substituents is 1. The lowest BCUT2D eigenvalue weighted by Gasteiger charge is -2.28. The number of quaternary nitrogens is 1. The minimum Gasteiger partial charge on any atom is -0.495 e. The molecule has 1 heterocycles. The Morgan fingerprint density at radius 2 is 2.14 bits per heavy atom. The van der Waals surface area contributed by atoms with Crippen LogP contribution in [0.5, 0.6) is 5.75 Å². The van der Waals surface area contributed by atoms with Crippen LogP contribution in [0.4, 0.5) is 11.4 Å². The van der Waals surface area contributed by atoms with E-state index in [1.165, 1.54) is 25.3 Å². The van der Waals surface area contributed by atoms with Crippen molar-refractivity contribution < 1.29 is 24.1 Å². The number of benzene rings is 1. The van der Waals surface area contributed by atoms with Crippen LogP contribution in [0.2, 0.25) is 0 Å². The van der Waals surface area contributed by atoms with Crippen LogP contribution in [0.3, 0.4) is 0 Å². The molecule has 1 atom stereocenters. The minimum atomic E-state index is -0.508. The highest BCUT2D eigenvalue weighted by molar-refractivity contribution is 5.95. The summed E-state index contributed by atoms with van der Waals surface area (Å²) in [5.41, 5.74) is 0.212. The number of nitrogens with one attached hydrogen (secondary N) is 2. The third kappa shape index (κ3) is 3.71. The average molecular weight is 310 g/mol. The number of carbonyl (C=O) groups excluding carboxylic acids is 1. The Kier molecular flexibility index (Phi) is 5.29. The molecule has 0 radical (unpaired) electrons. The van der Waals surface area contributed by atoms with Gasteiger partial charge in [-0.05, 0) is 13.0 Å². The van der Waals surface area contributed by atoms with E-state index < -0.39 is 4.92 Å². The van der Waals surface area contributed by atoms with Crippen LogP contribution < -0.4 is 15.0 Å². The smallest absolute Gasteiger partial charge is 0.282 e. The maximum atomic E-state index is 12.4. The standard InChI is InChI=1S/C14H19N3O5/c1-10(16-5-7-22-8-6-16)14(18)15-12-9-11(17(19)20)3-4-13(12)21-2/h3-4,9-10H,5-8H2,1-2H3,(H,15,18)/p+1/t10-/m0/s1. The third-order valence-corrected chi connectivity index (χ3v) is 3.79. The molecule has 8 heteroatoms. The Morgan fingerprint density at radius 3 is 2.73 bits per heavy atom. The SMILES string of the molecule is COc1ccc([N+](=O)[O-])cc1NC(=O)[C@H](C)[NH+]1CCOCC1. The highest BCUT2D eigenvalue weighted by atomic mass is 16.6. The number of ether oxygens (including phenoxy) is 2. The fraction of sp³-hybridized carbons (Fsp3) is 0.500. The number of rotatable bonds is 5. The molecule has 1 aliphatic rings. The van der Waals surface area contributed by atoms with E-state index in [4.69, 9.17) is 9.47 Å². The Bertz CT molecular complexity index is 557. The van der Waals surface area contributed by atoms with Gasteiger partial charge in [0.25, 0.3) is 11.6 Å². The zero-order valence-electron chi connectivity index (χ0n) is 12.6. The quantitative estimate of drug-likeness (QED) is 0.582. The molecule has 1 fully saturated rings. The first kappa shape index (κ1) is 16.2. The van der Waals surface area contributed by atoms with Gasteiger partial charge in [-0.3, -0.25) is 14.9 Å². The van der Waals surface area contributed by atoms with Crippen LogP contribution in [0, 0.1) is 10.1 Å². The van der Waals surface area contributed by atoms with Gasteiger partial charge in [0, 0.05) is 12.1 Å². The predicted molar refractivity (Wildman–Crippen MR) is 79.3 cm³/mol. The summed E-state index contributed by atoms with van der Waals surface area (Å²) in [6.07, 6.45) is 0. The van der Waals surface area contributed by atoms with E-state index in [0.717, 1.165) is 18.0 Å². The second-order valence-corrected chi connectivity index (χ2v) is 5.12. The maximum absolute atomic E-state index is 12.4. The molecular weight excluding hydrogens is 290 g/mol. The van der Waals surface area contributed by atoms with Crippen molar-refractivity contribution in [3.8, 4) is 5.75 Å². The molecule has 0 saturated carbocycles. The van der Waals surface area contributed by atoms with Crippen LogP contribution in [0.25, 0.3) is 0 Å². The molecule has 1 aliphatic heterocycles. The van der Waals surface area contributed by atoms with Gasteiger partial charge in [-0.15, -0.1) is 0 Å². The molecule has 0 unspecified atom stereocenters. The van der Waals surface area contributed by atoms with Crippen molar-refractivity contribution in [2.45, 2.75) is 13.0 Å². The van der Waals surface area contributed by atoms with Gasteiger partial charge < -0.3 is 19.7 Å². The molecule has 0 aliphatic carbocycles. The number of nitrogens with zero attached hydrogens (tertiary/aromatic N) is 1. The molecule has 8 nitrogen and oxygen atoms in total. The van der Waals surface area contributed by atoms with Gasteiger partial charge >= 0.3 is 0 Å². The number of nitro groups is 1. The fourth-order valence-corrected chi connectivity index (χ4v) is 2.40. The Labute approximate surface area is 128 Å². The molecule has 0 spiro atoms. The lowest BCUT2D eigenvalue weighted by molar-refractivity contribution is -0.921. The van der Waals surface area contributed by atoms with Gasteiger partial charge in [-0.1, -0.05) is 0 Å². The van der Waals surface area contributed by atoms with E-state index in [1.54, 1.807) is 0 Å². The van der Waals surface area contributed by atoms with Gasteiger partial charge in [0.1, 0.15) is 18.8 Å². The van der Waals surface area contributed by atoms with Crippen LogP contribution in [0.1, 0.15) is 6.92 Å². The van der Waals surface area contributed by atoms with Crippen LogP contribution in [-0.4, -0.2) is 50.3 Å². The molecule has 2 rings (SSSR count). The van der Waals surface area contributed by atoms with E-state index >= 15 is 0 Å². The fourth-order valence-electron chi connectivity index (χ4n) is 2.40. The molecule has 2 N–H and O–H groups in total. The highest BCUT2D eigenvalue weighted by Gasteiger charge is 2.27. The highest BCUT2D eigenvalue weighted by Crippen LogP contribution is 2.28. The van der Waals surface area contributed by atoms with Crippen molar-refractivity contribution in [1.29, 1.82) is 0 Å². The van der Waals surface area contributed by atoms with E-state index in [1.807, 2.05) is 6.92 Å². The molecular formula is C14H20N3O5+. The van der Waals surface area contributed by atoms with Crippen molar-refractivity contribution in [2.75, 3.05) is 38.7 Å². The molecule has 0 aromatic heterocycles. The summed E-state index contributed by atoms with van der Waals surface area (Å²) in [5.74, 6) is 0.193. The van der Waals surface area contributed by atoms with Crippen LogP contribution in [0.15, 0.2) is 18.2 Å². The second-order valence-electron chi connectivity index (χ2n) is 5.12. The van der Waals surface area contributed by atoms with Crippen molar-refractivity contribution in [1.82, 2.24) is 0 Å². The molecule has 1 aromatic carbocycles. The summed E-state index contributed by atoms with van der Waals surface area (Å²) < 4.78 is 10.4. The molecule has 1 aromatic rings. The van der Waals surface area contributed by atoms with E-state index in [9.17, 15) is 14.9 Å². The summed E-state index contributed by atoms with van der Waals surface area (Å²) in [6, 6.07) is 3.84. The number of amides is 1.